The molecule has 0 fully saturated rings. The zero-order valence-electron chi connectivity index (χ0n) is 9.86. The summed E-state index contributed by atoms with van der Waals surface area (Å²) in [6.45, 7) is 3.86. The van der Waals surface area contributed by atoms with Crippen LogP contribution in [0.2, 0.25) is 0 Å². The van der Waals surface area contributed by atoms with Gasteiger partial charge in [-0.2, -0.15) is 0 Å². The summed E-state index contributed by atoms with van der Waals surface area (Å²) >= 11 is 0. The van der Waals surface area contributed by atoms with Gasteiger partial charge in [-0.3, -0.25) is 0 Å². The Morgan fingerprint density at radius 1 is 1.29 bits per heavy atom. The van der Waals surface area contributed by atoms with Crippen molar-refractivity contribution < 1.29 is 13.9 Å². The average Bonchev–Trinajstić information content (AvgIpc) is 2.20. The molecule has 0 unspecified atom stereocenters. The van der Waals surface area contributed by atoms with E-state index in [-0.39, 0.29) is 23.9 Å². The number of benzene rings is 1. The Bertz CT molecular complexity index is 360. The molecule has 0 bridgehead atoms. The zero-order valence-corrected chi connectivity index (χ0v) is 10.7. The van der Waals surface area contributed by atoms with Gasteiger partial charge < -0.3 is 10.8 Å². The highest BCUT2D eigenvalue weighted by atomic mass is 35.5. The smallest absolute Gasteiger partial charge is 0.163 e. The highest BCUT2D eigenvalue weighted by Crippen LogP contribution is 2.23. The number of rotatable bonds is 4. The molecule has 0 aliphatic carbocycles. The van der Waals surface area contributed by atoms with E-state index in [1.54, 1.807) is 0 Å². The Balaban J connectivity index is 0.00000256. The van der Waals surface area contributed by atoms with Gasteiger partial charge in [0.2, 0.25) is 0 Å². The topological polar surface area (TPSA) is 46.2 Å². The lowest BCUT2D eigenvalue weighted by atomic mass is 9.95. The summed E-state index contributed by atoms with van der Waals surface area (Å²) in [5.74, 6) is -1.67. The van der Waals surface area contributed by atoms with Gasteiger partial charge in [-0.25, -0.2) is 8.78 Å². The monoisotopic (exact) mass is 265 g/mol. The molecule has 2 nitrogen and oxygen atoms in total. The lowest BCUT2D eigenvalue weighted by molar-refractivity contribution is 0.119. The molecule has 0 heterocycles. The first-order valence-electron chi connectivity index (χ1n) is 5.31. The van der Waals surface area contributed by atoms with Crippen molar-refractivity contribution in [2.75, 3.05) is 0 Å². The number of hydrogen-bond donors (Lipinski definition) is 2. The first-order valence-corrected chi connectivity index (χ1v) is 5.31. The third-order valence-electron chi connectivity index (χ3n) is 2.47. The van der Waals surface area contributed by atoms with Crippen LogP contribution in [0.4, 0.5) is 8.78 Å². The molecular weight excluding hydrogens is 248 g/mol. The molecule has 3 N–H and O–H groups in total. The van der Waals surface area contributed by atoms with E-state index in [0.717, 1.165) is 6.07 Å². The summed E-state index contributed by atoms with van der Waals surface area (Å²) < 4.78 is 26.3. The molecule has 0 saturated carbocycles. The number of nitrogens with two attached hydrogens (primary N) is 1. The zero-order chi connectivity index (χ0) is 12.3. The fourth-order valence-corrected chi connectivity index (χ4v) is 1.61. The van der Waals surface area contributed by atoms with Gasteiger partial charge in [0.1, 0.15) is 0 Å². The van der Waals surface area contributed by atoms with E-state index in [9.17, 15) is 13.9 Å². The van der Waals surface area contributed by atoms with Crippen LogP contribution in [0.1, 0.15) is 31.9 Å². The molecule has 1 aromatic rings. The molecule has 0 aliphatic heterocycles. The van der Waals surface area contributed by atoms with Crippen LogP contribution in [0.5, 0.6) is 0 Å². The third-order valence-corrected chi connectivity index (χ3v) is 2.47. The van der Waals surface area contributed by atoms with E-state index in [2.05, 4.69) is 0 Å². The van der Waals surface area contributed by atoms with Crippen LogP contribution in [0.15, 0.2) is 18.2 Å². The van der Waals surface area contributed by atoms with Gasteiger partial charge in [-0.05, 0) is 18.4 Å². The van der Waals surface area contributed by atoms with Crippen molar-refractivity contribution >= 4 is 12.4 Å². The van der Waals surface area contributed by atoms with E-state index in [1.807, 2.05) is 13.8 Å². The summed E-state index contributed by atoms with van der Waals surface area (Å²) in [6.07, 6.45) is -0.409. The predicted octanol–water partition coefficient (Wildman–Crippen LogP) is 2.79. The van der Waals surface area contributed by atoms with Gasteiger partial charge in [0, 0.05) is 5.56 Å². The maximum Gasteiger partial charge on any atom is 0.163 e. The molecule has 98 valence electrons. The number of halogens is 3. The van der Waals surface area contributed by atoms with Gasteiger partial charge in [0.15, 0.2) is 11.6 Å². The molecule has 0 aliphatic rings. The first-order chi connectivity index (χ1) is 7.43. The molecule has 0 aromatic heterocycles. The lowest BCUT2D eigenvalue weighted by Gasteiger charge is -2.21. The first kappa shape index (κ1) is 16.3. The van der Waals surface area contributed by atoms with Crippen molar-refractivity contribution in [1.29, 1.82) is 0 Å². The molecular formula is C12H18ClF2NO. The minimum absolute atomic E-state index is 0. The molecule has 0 amide bonds. The van der Waals surface area contributed by atoms with Crippen LogP contribution in [0, 0.1) is 17.6 Å². The van der Waals surface area contributed by atoms with Crippen molar-refractivity contribution in [1.82, 2.24) is 0 Å². The third kappa shape index (κ3) is 4.22. The molecule has 0 radical (unpaired) electrons. The molecule has 0 saturated heterocycles. The van der Waals surface area contributed by atoms with Gasteiger partial charge in [-0.1, -0.05) is 26.0 Å². The number of aliphatic hydroxyl groups excluding tert-OH is 1. The SMILES string of the molecule is CC(C)C[C@@H](O)[C@@H](N)c1cccc(F)c1F.Cl. The second-order valence-electron chi connectivity index (χ2n) is 4.37. The van der Waals surface area contributed by atoms with Crippen molar-refractivity contribution in [3.8, 4) is 0 Å². The van der Waals surface area contributed by atoms with Crippen LogP contribution in [0.3, 0.4) is 0 Å². The molecule has 1 aromatic carbocycles. The maximum atomic E-state index is 13.4. The summed E-state index contributed by atoms with van der Waals surface area (Å²) in [6, 6.07) is 2.92. The second kappa shape index (κ2) is 6.89. The summed E-state index contributed by atoms with van der Waals surface area (Å²) in [5.41, 5.74) is 5.72. The molecule has 0 spiro atoms. The number of hydrogen-bond acceptors (Lipinski definition) is 2. The molecule has 17 heavy (non-hydrogen) atoms. The summed E-state index contributed by atoms with van der Waals surface area (Å²) in [4.78, 5) is 0. The van der Waals surface area contributed by atoms with Gasteiger partial charge >= 0.3 is 0 Å². The van der Waals surface area contributed by atoms with Crippen LogP contribution in [0.25, 0.3) is 0 Å². The van der Waals surface area contributed by atoms with E-state index in [1.165, 1.54) is 12.1 Å². The fourth-order valence-electron chi connectivity index (χ4n) is 1.61. The van der Waals surface area contributed by atoms with E-state index in [4.69, 9.17) is 5.73 Å². The second-order valence-corrected chi connectivity index (χ2v) is 4.37. The van der Waals surface area contributed by atoms with E-state index >= 15 is 0 Å². The quantitative estimate of drug-likeness (QED) is 0.879. The molecule has 2 atom stereocenters. The Labute approximate surface area is 106 Å². The Kier molecular flexibility index (Phi) is 6.60. The number of aliphatic hydroxyl groups is 1. The Morgan fingerprint density at radius 2 is 1.88 bits per heavy atom. The fraction of sp³-hybridized carbons (Fsp3) is 0.500. The summed E-state index contributed by atoms with van der Waals surface area (Å²) in [7, 11) is 0. The van der Waals surface area contributed by atoms with Crippen LogP contribution in [-0.2, 0) is 0 Å². The van der Waals surface area contributed by atoms with Gasteiger partial charge in [0.25, 0.3) is 0 Å². The maximum absolute atomic E-state index is 13.4. The van der Waals surface area contributed by atoms with Crippen molar-refractivity contribution in [3.63, 3.8) is 0 Å². The largest absolute Gasteiger partial charge is 0.391 e. The highest BCUT2D eigenvalue weighted by Gasteiger charge is 2.22. The van der Waals surface area contributed by atoms with Gasteiger partial charge in [0.05, 0.1) is 12.1 Å². The van der Waals surface area contributed by atoms with E-state index < -0.39 is 23.8 Å². The summed E-state index contributed by atoms with van der Waals surface area (Å²) in [5, 5.41) is 9.74. The lowest BCUT2D eigenvalue weighted by Crippen LogP contribution is -2.28. The van der Waals surface area contributed by atoms with Crippen molar-refractivity contribution in [3.05, 3.63) is 35.4 Å². The van der Waals surface area contributed by atoms with Gasteiger partial charge in [-0.15, -0.1) is 12.4 Å². The van der Waals surface area contributed by atoms with Crippen LogP contribution < -0.4 is 5.73 Å². The Hall–Kier alpha value is -0.710. The Morgan fingerprint density at radius 3 is 2.41 bits per heavy atom. The molecule has 5 heteroatoms. The normalized spacial score (nSPS) is 14.3. The average molecular weight is 266 g/mol. The van der Waals surface area contributed by atoms with Crippen molar-refractivity contribution in [2.45, 2.75) is 32.4 Å². The van der Waals surface area contributed by atoms with E-state index in [0.29, 0.717) is 6.42 Å². The van der Waals surface area contributed by atoms with Crippen LogP contribution in [-0.4, -0.2) is 11.2 Å². The molecule has 1 rings (SSSR count). The predicted molar refractivity (Wildman–Crippen MR) is 66.0 cm³/mol. The van der Waals surface area contributed by atoms with Crippen molar-refractivity contribution in [2.24, 2.45) is 11.7 Å². The standard InChI is InChI=1S/C12H17F2NO.ClH/c1-7(2)6-10(16)12(15)8-4-3-5-9(13)11(8)14;/h3-5,7,10,12,16H,6,15H2,1-2H3;1H/t10-,12+;/m1./s1. The minimum atomic E-state index is -0.974. The minimum Gasteiger partial charge on any atom is -0.391 e. The highest BCUT2D eigenvalue weighted by molar-refractivity contribution is 5.85. The van der Waals surface area contributed by atoms with Crippen LogP contribution >= 0.6 is 12.4 Å².